The van der Waals surface area contributed by atoms with Crippen LogP contribution in [-0.4, -0.2) is 25.3 Å². The fourth-order valence-electron chi connectivity index (χ4n) is 2.14. The van der Waals surface area contributed by atoms with E-state index >= 15 is 0 Å². The van der Waals surface area contributed by atoms with Gasteiger partial charge in [0.05, 0.1) is 7.11 Å². The molecule has 22 heavy (non-hydrogen) atoms. The van der Waals surface area contributed by atoms with Crippen LogP contribution in [0.1, 0.15) is 11.7 Å². The minimum absolute atomic E-state index is 0.145. The lowest BCUT2D eigenvalue weighted by Gasteiger charge is -2.27. The summed E-state index contributed by atoms with van der Waals surface area (Å²) in [5.41, 5.74) is 0.693. The van der Waals surface area contributed by atoms with Crippen molar-refractivity contribution in [3.8, 4) is 23.1 Å². The van der Waals surface area contributed by atoms with Crippen molar-refractivity contribution in [3.05, 3.63) is 42.1 Å². The lowest BCUT2D eigenvalue weighted by atomic mass is 10.1. The Morgan fingerprint density at radius 1 is 1.27 bits per heavy atom. The van der Waals surface area contributed by atoms with E-state index in [1.165, 1.54) is 12.3 Å². The molecule has 5 nitrogen and oxygen atoms in total. The first-order valence-corrected chi connectivity index (χ1v) is 6.54. The molecule has 1 unspecified atom stereocenters. The van der Waals surface area contributed by atoms with Crippen LogP contribution >= 0.6 is 0 Å². The van der Waals surface area contributed by atoms with Gasteiger partial charge in [-0.2, -0.15) is 8.78 Å². The zero-order chi connectivity index (χ0) is 15.5. The normalized spacial score (nSPS) is 16.5. The zero-order valence-corrected chi connectivity index (χ0v) is 11.7. The van der Waals surface area contributed by atoms with Crippen molar-refractivity contribution in [3.63, 3.8) is 0 Å². The number of halogens is 2. The van der Waals surface area contributed by atoms with E-state index < -0.39 is 12.7 Å². The van der Waals surface area contributed by atoms with Gasteiger partial charge in [-0.15, -0.1) is 0 Å². The summed E-state index contributed by atoms with van der Waals surface area (Å²) >= 11 is 0. The number of ether oxygens (including phenoxy) is 4. The molecule has 1 aromatic heterocycles. The number of alkyl halides is 2. The van der Waals surface area contributed by atoms with Crippen molar-refractivity contribution in [2.45, 2.75) is 12.7 Å². The monoisotopic (exact) mass is 309 g/mol. The molecule has 0 bridgehead atoms. The Hall–Kier alpha value is -2.57. The van der Waals surface area contributed by atoms with Crippen molar-refractivity contribution < 1.29 is 27.7 Å². The SMILES string of the molecule is COc1cccc2c1OC(c1ccc(OC(F)F)nc1)CO2. The van der Waals surface area contributed by atoms with Crippen molar-refractivity contribution in [1.29, 1.82) is 0 Å². The van der Waals surface area contributed by atoms with Gasteiger partial charge >= 0.3 is 6.61 Å². The third-order valence-electron chi connectivity index (χ3n) is 3.15. The van der Waals surface area contributed by atoms with Gasteiger partial charge in [-0.3, -0.25) is 0 Å². The highest BCUT2D eigenvalue weighted by atomic mass is 19.3. The fourth-order valence-corrected chi connectivity index (χ4v) is 2.14. The Balaban J connectivity index is 1.79. The highest BCUT2D eigenvalue weighted by Gasteiger charge is 2.25. The van der Waals surface area contributed by atoms with Crippen molar-refractivity contribution in [2.24, 2.45) is 0 Å². The minimum atomic E-state index is -2.90. The summed E-state index contributed by atoms with van der Waals surface area (Å²) in [6.45, 7) is -2.61. The number of nitrogens with zero attached hydrogens (tertiary/aromatic N) is 1. The fraction of sp³-hybridized carbons (Fsp3) is 0.267. The Morgan fingerprint density at radius 3 is 2.82 bits per heavy atom. The molecule has 2 heterocycles. The molecule has 0 amide bonds. The summed E-state index contributed by atoms with van der Waals surface area (Å²) in [5.74, 6) is 1.52. The van der Waals surface area contributed by atoms with Gasteiger partial charge in [-0.1, -0.05) is 6.07 Å². The first-order valence-electron chi connectivity index (χ1n) is 6.54. The van der Waals surface area contributed by atoms with Gasteiger partial charge in [0.25, 0.3) is 0 Å². The standard InChI is InChI=1S/C15H13F2NO4/c1-19-10-3-2-4-11-14(10)21-12(8-20-11)9-5-6-13(18-7-9)22-15(16)17/h2-7,12,15H,8H2,1H3. The van der Waals surface area contributed by atoms with Gasteiger partial charge in [0.15, 0.2) is 17.6 Å². The van der Waals surface area contributed by atoms with Crippen LogP contribution in [0.25, 0.3) is 0 Å². The number of benzene rings is 1. The third-order valence-corrected chi connectivity index (χ3v) is 3.15. The van der Waals surface area contributed by atoms with Gasteiger partial charge in [-0.05, 0) is 18.2 Å². The summed E-state index contributed by atoms with van der Waals surface area (Å²) in [5, 5.41) is 0. The van der Waals surface area contributed by atoms with Crippen LogP contribution in [0.4, 0.5) is 8.78 Å². The molecule has 1 aliphatic rings. The molecule has 1 atom stereocenters. The van der Waals surface area contributed by atoms with E-state index in [1.54, 1.807) is 31.4 Å². The number of pyridine rings is 1. The quantitative estimate of drug-likeness (QED) is 0.868. The smallest absolute Gasteiger partial charge is 0.388 e. The van der Waals surface area contributed by atoms with Crippen LogP contribution in [0.5, 0.6) is 23.1 Å². The number of fused-ring (bicyclic) bond motifs is 1. The van der Waals surface area contributed by atoms with E-state index in [2.05, 4.69) is 9.72 Å². The largest absolute Gasteiger partial charge is 0.493 e. The maximum absolute atomic E-state index is 12.1. The van der Waals surface area contributed by atoms with Gasteiger partial charge in [0.2, 0.25) is 11.6 Å². The van der Waals surface area contributed by atoms with Crippen LogP contribution in [0, 0.1) is 0 Å². The highest BCUT2D eigenvalue weighted by Crippen LogP contribution is 2.43. The third kappa shape index (κ3) is 2.88. The van der Waals surface area contributed by atoms with E-state index in [-0.39, 0.29) is 12.5 Å². The van der Waals surface area contributed by atoms with E-state index in [9.17, 15) is 8.78 Å². The van der Waals surface area contributed by atoms with E-state index in [4.69, 9.17) is 14.2 Å². The molecule has 0 aliphatic carbocycles. The first kappa shape index (κ1) is 14.4. The minimum Gasteiger partial charge on any atom is -0.493 e. The van der Waals surface area contributed by atoms with Crippen LogP contribution in [0.15, 0.2) is 36.5 Å². The van der Waals surface area contributed by atoms with Crippen LogP contribution in [0.3, 0.4) is 0 Å². The number of hydrogen-bond acceptors (Lipinski definition) is 5. The molecule has 0 N–H and O–H groups in total. The predicted octanol–water partition coefficient (Wildman–Crippen LogP) is 3.20. The second kappa shape index (κ2) is 6.05. The Morgan fingerprint density at radius 2 is 2.14 bits per heavy atom. The summed E-state index contributed by atoms with van der Waals surface area (Å²) in [6, 6.07) is 8.33. The average Bonchev–Trinajstić information content (AvgIpc) is 2.54. The molecule has 0 saturated carbocycles. The summed E-state index contributed by atoms with van der Waals surface area (Å²) in [7, 11) is 1.54. The molecule has 0 fully saturated rings. The molecule has 7 heteroatoms. The topological polar surface area (TPSA) is 49.8 Å². The number of aromatic nitrogens is 1. The summed E-state index contributed by atoms with van der Waals surface area (Å²) < 4.78 is 45.2. The van der Waals surface area contributed by atoms with Crippen molar-refractivity contribution in [2.75, 3.05) is 13.7 Å². The molecular formula is C15H13F2NO4. The van der Waals surface area contributed by atoms with E-state index in [1.807, 2.05) is 0 Å². The molecule has 1 aliphatic heterocycles. The number of rotatable bonds is 4. The Kier molecular flexibility index (Phi) is 3.95. The van der Waals surface area contributed by atoms with E-state index in [0.717, 1.165) is 0 Å². The lowest BCUT2D eigenvalue weighted by Crippen LogP contribution is -2.22. The Labute approximate surface area is 125 Å². The molecule has 0 saturated heterocycles. The molecule has 116 valence electrons. The number of methoxy groups -OCH3 is 1. The van der Waals surface area contributed by atoms with Crippen molar-refractivity contribution in [1.82, 2.24) is 4.98 Å². The second-order valence-electron chi connectivity index (χ2n) is 4.51. The molecule has 2 aromatic rings. The lowest BCUT2D eigenvalue weighted by molar-refractivity contribution is -0.0529. The molecular weight excluding hydrogens is 296 g/mol. The maximum Gasteiger partial charge on any atom is 0.388 e. The molecule has 0 radical (unpaired) electrons. The molecule has 1 aromatic carbocycles. The van der Waals surface area contributed by atoms with Gasteiger partial charge in [0, 0.05) is 17.8 Å². The van der Waals surface area contributed by atoms with Gasteiger partial charge in [0.1, 0.15) is 6.61 Å². The summed E-state index contributed by atoms with van der Waals surface area (Å²) in [6.07, 6.45) is 1.02. The second-order valence-corrected chi connectivity index (χ2v) is 4.51. The van der Waals surface area contributed by atoms with Crippen LogP contribution in [-0.2, 0) is 0 Å². The van der Waals surface area contributed by atoms with Gasteiger partial charge in [-0.25, -0.2) is 4.98 Å². The molecule has 3 rings (SSSR count). The number of hydrogen-bond donors (Lipinski definition) is 0. The maximum atomic E-state index is 12.1. The van der Waals surface area contributed by atoms with Crippen LogP contribution in [0.2, 0.25) is 0 Å². The zero-order valence-electron chi connectivity index (χ0n) is 11.7. The van der Waals surface area contributed by atoms with Crippen LogP contribution < -0.4 is 18.9 Å². The average molecular weight is 309 g/mol. The first-order chi connectivity index (χ1) is 10.7. The Bertz CT molecular complexity index is 634. The number of para-hydroxylation sites is 1. The predicted molar refractivity (Wildman–Crippen MR) is 72.7 cm³/mol. The molecule has 0 spiro atoms. The van der Waals surface area contributed by atoms with Gasteiger partial charge < -0.3 is 18.9 Å². The highest BCUT2D eigenvalue weighted by molar-refractivity contribution is 5.52. The van der Waals surface area contributed by atoms with E-state index in [0.29, 0.717) is 22.8 Å². The summed E-state index contributed by atoms with van der Waals surface area (Å²) in [4.78, 5) is 3.82. The van der Waals surface area contributed by atoms with Crippen molar-refractivity contribution >= 4 is 0 Å².